The van der Waals surface area contributed by atoms with Crippen LogP contribution in [-0.2, 0) is 9.53 Å². The second-order valence-electron chi connectivity index (χ2n) is 4.78. The molecule has 3 atom stereocenters. The average Bonchev–Trinajstić information content (AvgIpc) is 3.18. The van der Waals surface area contributed by atoms with E-state index in [4.69, 9.17) is 4.74 Å². The van der Waals surface area contributed by atoms with Gasteiger partial charge in [-0.1, -0.05) is 37.3 Å². The van der Waals surface area contributed by atoms with Crippen molar-refractivity contribution in [1.29, 1.82) is 0 Å². The first-order chi connectivity index (χ1) is 8.65. The molecule has 18 heavy (non-hydrogen) atoms. The van der Waals surface area contributed by atoms with Gasteiger partial charge in [0, 0.05) is 11.5 Å². The highest BCUT2D eigenvalue weighted by Crippen LogP contribution is 2.46. The maximum Gasteiger partial charge on any atom is 0.308 e. The molecule has 1 fully saturated rings. The quantitative estimate of drug-likeness (QED) is 0.592. The van der Waals surface area contributed by atoms with E-state index in [-0.39, 0.29) is 29.5 Å². The van der Waals surface area contributed by atoms with Crippen LogP contribution >= 0.6 is 0 Å². The van der Waals surface area contributed by atoms with Crippen molar-refractivity contribution in [2.45, 2.75) is 20.3 Å². The highest BCUT2D eigenvalue weighted by molar-refractivity contribution is 6.00. The molecule has 3 heteroatoms. The maximum absolute atomic E-state index is 12.2. The predicted molar refractivity (Wildman–Crippen MR) is 68.2 cm³/mol. The molecule has 0 aromatic heterocycles. The van der Waals surface area contributed by atoms with Crippen molar-refractivity contribution in [2.24, 2.45) is 17.8 Å². The van der Waals surface area contributed by atoms with Gasteiger partial charge in [0.05, 0.1) is 12.5 Å². The van der Waals surface area contributed by atoms with E-state index in [0.29, 0.717) is 6.61 Å². The molecular weight excluding hydrogens is 228 g/mol. The molecule has 0 saturated heterocycles. The molecular formula is C15H18O3. The van der Waals surface area contributed by atoms with Crippen molar-refractivity contribution in [3.05, 3.63) is 35.9 Å². The van der Waals surface area contributed by atoms with E-state index in [2.05, 4.69) is 0 Å². The number of hydrogen-bond donors (Lipinski definition) is 0. The number of ketones is 1. The minimum Gasteiger partial charge on any atom is -0.466 e. The molecule has 0 spiro atoms. The van der Waals surface area contributed by atoms with Crippen LogP contribution < -0.4 is 0 Å². The van der Waals surface area contributed by atoms with E-state index in [0.717, 1.165) is 12.0 Å². The first-order valence-corrected chi connectivity index (χ1v) is 6.41. The van der Waals surface area contributed by atoms with E-state index >= 15 is 0 Å². The fourth-order valence-corrected chi connectivity index (χ4v) is 2.33. The van der Waals surface area contributed by atoms with Gasteiger partial charge in [-0.2, -0.15) is 0 Å². The first-order valence-electron chi connectivity index (χ1n) is 6.41. The van der Waals surface area contributed by atoms with E-state index < -0.39 is 0 Å². The van der Waals surface area contributed by atoms with Gasteiger partial charge in [0.25, 0.3) is 0 Å². The van der Waals surface area contributed by atoms with Gasteiger partial charge in [0.1, 0.15) is 0 Å². The second-order valence-corrected chi connectivity index (χ2v) is 4.78. The van der Waals surface area contributed by atoms with Crippen LogP contribution in [0.1, 0.15) is 30.6 Å². The smallest absolute Gasteiger partial charge is 0.308 e. The van der Waals surface area contributed by atoms with Crippen LogP contribution in [0, 0.1) is 17.8 Å². The van der Waals surface area contributed by atoms with Gasteiger partial charge in [0.2, 0.25) is 0 Å². The fourth-order valence-electron chi connectivity index (χ4n) is 2.33. The summed E-state index contributed by atoms with van der Waals surface area (Å²) in [5.74, 6) is -0.0752. The Morgan fingerprint density at radius 1 is 1.33 bits per heavy atom. The number of rotatable bonds is 5. The van der Waals surface area contributed by atoms with Crippen molar-refractivity contribution in [3.63, 3.8) is 0 Å². The number of esters is 1. The van der Waals surface area contributed by atoms with Crippen LogP contribution in [0.25, 0.3) is 0 Å². The largest absolute Gasteiger partial charge is 0.466 e. The molecule has 1 aliphatic rings. The van der Waals surface area contributed by atoms with Crippen molar-refractivity contribution < 1.29 is 14.3 Å². The third kappa shape index (κ3) is 2.61. The molecule has 0 radical (unpaired) electrons. The van der Waals surface area contributed by atoms with Gasteiger partial charge in [-0.25, -0.2) is 0 Å². The SMILES string of the molecule is CCOC(=O)C(C)[C@@H]1C[C@@H]1C(=O)c1ccccc1. The molecule has 1 saturated carbocycles. The summed E-state index contributed by atoms with van der Waals surface area (Å²) in [6.45, 7) is 4.04. The third-order valence-corrected chi connectivity index (χ3v) is 3.54. The van der Waals surface area contributed by atoms with E-state index in [9.17, 15) is 9.59 Å². The summed E-state index contributed by atoms with van der Waals surface area (Å²) in [4.78, 5) is 23.7. The first kappa shape index (κ1) is 12.8. The lowest BCUT2D eigenvalue weighted by molar-refractivity contribution is -0.148. The van der Waals surface area contributed by atoms with Crippen LogP contribution in [0.4, 0.5) is 0 Å². The number of carbonyl (C=O) groups is 2. The number of ether oxygens (including phenoxy) is 1. The highest BCUT2D eigenvalue weighted by atomic mass is 16.5. The summed E-state index contributed by atoms with van der Waals surface area (Å²) in [6.07, 6.45) is 0.799. The minimum absolute atomic E-state index is 0.00759. The van der Waals surface area contributed by atoms with Crippen LogP contribution in [0.5, 0.6) is 0 Å². The summed E-state index contributed by atoms with van der Waals surface area (Å²) in [5, 5.41) is 0. The van der Waals surface area contributed by atoms with Gasteiger partial charge in [0.15, 0.2) is 5.78 Å². The Morgan fingerprint density at radius 3 is 2.61 bits per heavy atom. The average molecular weight is 246 g/mol. The van der Waals surface area contributed by atoms with Crippen LogP contribution in [0.15, 0.2) is 30.3 Å². The molecule has 1 unspecified atom stereocenters. The third-order valence-electron chi connectivity index (χ3n) is 3.54. The number of hydrogen-bond acceptors (Lipinski definition) is 3. The van der Waals surface area contributed by atoms with Crippen molar-refractivity contribution in [1.82, 2.24) is 0 Å². The molecule has 0 bridgehead atoms. The Kier molecular flexibility index (Phi) is 3.80. The zero-order valence-electron chi connectivity index (χ0n) is 10.8. The molecule has 1 aromatic carbocycles. The molecule has 1 aromatic rings. The van der Waals surface area contributed by atoms with Crippen molar-refractivity contribution >= 4 is 11.8 Å². The van der Waals surface area contributed by atoms with Crippen LogP contribution in [0.3, 0.4) is 0 Å². The number of Topliss-reactive ketones (excluding diaryl/α,β-unsaturated/α-hetero) is 1. The summed E-state index contributed by atoms with van der Waals surface area (Å²) in [6, 6.07) is 9.26. The van der Waals surface area contributed by atoms with Crippen LogP contribution in [-0.4, -0.2) is 18.4 Å². The zero-order chi connectivity index (χ0) is 13.1. The van der Waals surface area contributed by atoms with Gasteiger partial charge < -0.3 is 4.74 Å². The summed E-state index contributed by atoms with van der Waals surface area (Å²) >= 11 is 0. The molecule has 1 aliphatic carbocycles. The lowest BCUT2D eigenvalue weighted by Crippen LogP contribution is -2.18. The van der Waals surface area contributed by atoms with Crippen molar-refractivity contribution in [2.75, 3.05) is 6.61 Å². The lowest BCUT2D eigenvalue weighted by atomic mass is 10.0. The molecule has 2 rings (SSSR count). The highest BCUT2D eigenvalue weighted by Gasteiger charge is 2.48. The van der Waals surface area contributed by atoms with Crippen LogP contribution in [0.2, 0.25) is 0 Å². The Bertz CT molecular complexity index is 438. The predicted octanol–water partition coefficient (Wildman–Crippen LogP) is 2.70. The monoisotopic (exact) mass is 246 g/mol. The van der Waals surface area contributed by atoms with Gasteiger partial charge in [-0.15, -0.1) is 0 Å². The molecule has 0 heterocycles. The molecule has 3 nitrogen and oxygen atoms in total. The van der Waals surface area contributed by atoms with Crippen molar-refractivity contribution in [3.8, 4) is 0 Å². The summed E-state index contributed by atoms with van der Waals surface area (Å²) in [5.41, 5.74) is 0.737. The molecule has 0 aliphatic heterocycles. The molecule has 0 N–H and O–H groups in total. The Morgan fingerprint density at radius 2 is 2.00 bits per heavy atom. The minimum atomic E-state index is -0.189. The number of carbonyl (C=O) groups excluding carboxylic acids is 2. The number of benzene rings is 1. The zero-order valence-corrected chi connectivity index (χ0v) is 10.8. The Hall–Kier alpha value is -1.64. The summed E-state index contributed by atoms with van der Waals surface area (Å²) in [7, 11) is 0. The Balaban J connectivity index is 1.95. The maximum atomic E-state index is 12.2. The normalized spacial score (nSPS) is 23.2. The van der Waals surface area contributed by atoms with Gasteiger partial charge >= 0.3 is 5.97 Å². The van der Waals surface area contributed by atoms with E-state index in [1.807, 2.05) is 37.3 Å². The topological polar surface area (TPSA) is 43.4 Å². The molecule has 0 amide bonds. The van der Waals surface area contributed by atoms with Gasteiger partial charge in [-0.3, -0.25) is 9.59 Å². The van der Waals surface area contributed by atoms with Gasteiger partial charge in [-0.05, 0) is 19.3 Å². The summed E-state index contributed by atoms with van der Waals surface area (Å²) < 4.78 is 4.99. The second kappa shape index (κ2) is 5.34. The fraction of sp³-hybridized carbons (Fsp3) is 0.467. The van der Waals surface area contributed by atoms with E-state index in [1.165, 1.54) is 0 Å². The molecule has 96 valence electrons. The van der Waals surface area contributed by atoms with E-state index in [1.54, 1.807) is 6.92 Å². The lowest BCUT2D eigenvalue weighted by Gasteiger charge is -2.09. The standard InChI is InChI=1S/C15H18O3/c1-3-18-15(17)10(2)12-9-13(12)14(16)11-7-5-4-6-8-11/h4-8,10,12-13H,3,9H2,1-2H3/t10?,12-,13-/m0/s1. The Labute approximate surface area is 107 Å².